The Labute approximate surface area is 146 Å². The van der Waals surface area contributed by atoms with Crippen LogP contribution < -0.4 is 21.6 Å². The standard InChI is InChI=1S/C17H16FN5O3/c18-11-3-1-10(2-4-11)8-19-16(25)20-9-15(24)21-12-5-6-13-14(7-12)23-17(26)22-13/h1-7H,8-9H2,(H,21,24)(H2,19,20,25)(H2,22,23,26). The summed E-state index contributed by atoms with van der Waals surface area (Å²) in [4.78, 5) is 40.0. The summed E-state index contributed by atoms with van der Waals surface area (Å²) in [6.45, 7) is -0.0117. The van der Waals surface area contributed by atoms with E-state index in [2.05, 4.69) is 25.9 Å². The molecule has 1 aromatic heterocycles. The topological polar surface area (TPSA) is 119 Å². The molecule has 0 saturated heterocycles. The van der Waals surface area contributed by atoms with E-state index < -0.39 is 11.9 Å². The number of halogens is 1. The molecule has 3 rings (SSSR count). The van der Waals surface area contributed by atoms with Crippen LogP contribution in [0.4, 0.5) is 14.9 Å². The summed E-state index contributed by atoms with van der Waals surface area (Å²) >= 11 is 0. The zero-order chi connectivity index (χ0) is 18.5. The van der Waals surface area contributed by atoms with E-state index >= 15 is 0 Å². The fraction of sp³-hybridized carbons (Fsp3) is 0.118. The summed E-state index contributed by atoms with van der Waals surface area (Å²) in [6, 6.07) is 10.1. The molecule has 0 radical (unpaired) electrons. The monoisotopic (exact) mass is 357 g/mol. The maximum absolute atomic E-state index is 12.8. The third-order valence-corrected chi connectivity index (χ3v) is 3.58. The summed E-state index contributed by atoms with van der Waals surface area (Å²) in [7, 11) is 0. The largest absolute Gasteiger partial charge is 0.334 e. The van der Waals surface area contributed by atoms with Gasteiger partial charge in [-0.05, 0) is 35.9 Å². The predicted molar refractivity (Wildman–Crippen MR) is 94.2 cm³/mol. The Morgan fingerprint density at radius 3 is 2.46 bits per heavy atom. The average molecular weight is 357 g/mol. The number of carbonyl (C=O) groups is 2. The second-order valence-electron chi connectivity index (χ2n) is 5.55. The number of urea groups is 1. The Bertz CT molecular complexity index is 994. The Morgan fingerprint density at radius 2 is 1.69 bits per heavy atom. The van der Waals surface area contributed by atoms with Gasteiger partial charge < -0.3 is 25.9 Å². The zero-order valence-corrected chi connectivity index (χ0v) is 13.6. The van der Waals surface area contributed by atoms with E-state index in [-0.39, 0.29) is 24.6 Å². The molecule has 8 nitrogen and oxygen atoms in total. The molecular formula is C17H16FN5O3. The van der Waals surface area contributed by atoms with Gasteiger partial charge in [0.05, 0.1) is 17.6 Å². The Morgan fingerprint density at radius 1 is 0.962 bits per heavy atom. The van der Waals surface area contributed by atoms with Gasteiger partial charge in [-0.25, -0.2) is 14.0 Å². The number of carbonyl (C=O) groups excluding carboxylic acids is 2. The van der Waals surface area contributed by atoms with Crippen molar-refractivity contribution in [2.45, 2.75) is 6.54 Å². The molecule has 0 fully saturated rings. The average Bonchev–Trinajstić information content (AvgIpc) is 2.99. The van der Waals surface area contributed by atoms with Gasteiger partial charge in [0.25, 0.3) is 0 Å². The van der Waals surface area contributed by atoms with E-state index in [1.54, 1.807) is 30.3 Å². The van der Waals surface area contributed by atoms with Crippen molar-refractivity contribution in [2.24, 2.45) is 0 Å². The second-order valence-corrected chi connectivity index (χ2v) is 5.55. The number of benzene rings is 2. The minimum absolute atomic E-state index is 0.214. The predicted octanol–water partition coefficient (Wildman–Crippen LogP) is 1.43. The summed E-state index contributed by atoms with van der Waals surface area (Å²) in [6.07, 6.45) is 0. The van der Waals surface area contributed by atoms with Gasteiger partial charge in [-0.1, -0.05) is 12.1 Å². The summed E-state index contributed by atoms with van der Waals surface area (Å²) in [5, 5.41) is 7.61. The fourth-order valence-corrected chi connectivity index (χ4v) is 2.32. The number of hydrogen-bond acceptors (Lipinski definition) is 3. The number of imidazole rings is 1. The van der Waals surface area contributed by atoms with Crippen LogP contribution in [0.3, 0.4) is 0 Å². The molecule has 5 N–H and O–H groups in total. The van der Waals surface area contributed by atoms with Crippen molar-refractivity contribution in [1.82, 2.24) is 20.6 Å². The van der Waals surface area contributed by atoms with Crippen molar-refractivity contribution >= 4 is 28.7 Å². The molecule has 1 heterocycles. The summed E-state index contributed by atoms with van der Waals surface area (Å²) < 4.78 is 12.8. The fourth-order valence-electron chi connectivity index (χ4n) is 2.32. The highest BCUT2D eigenvalue weighted by atomic mass is 19.1. The van der Waals surface area contributed by atoms with Gasteiger partial charge in [-0.3, -0.25) is 4.79 Å². The second kappa shape index (κ2) is 7.51. The van der Waals surface area contributed by atoms with Crippen molar-refractivity contribution in [3.8, 4) is 0 Å². The van der Waals surface area contributed by atoms with Gasteiger partial charge in [0.2, 0.25) is 5.91 Å². The van der Waals surface area contributed by atoms with Crippen LogP contribution in [0.25, 0.3) is 11.0 Å². The van der Waals surface area contributed by atoms with E-state index in [1.807, 2.05) is 0 Å². The molecular weight excluding hydrogens is 341 g/mol. The molecule has 0 spiro atoms. The highest BCUT2D eigenvalue weighted by molar-refractivity contribution is 5.95. The molecule has 2 aromatic carbocycles. The Kier molecular flexibility index (Phi) is 4.97. The number of aromatic amines is 2. The first-order valence-electron chi connectivity index (χ1n) is 7.77. The number of rotatable bonds is 5. The lowest BCUT2D eigenvalue weighted by Gasteiger charge is -2.08. The van der Waals surface area contributed by atoms with Crippen LogP contribution in [-0.2, 0) is 11.3 Å². The van der Waals surface area contributed by atoms with Crippen LogP contribution in [0, 0.1) is 5.82 Å². The summed E-state index contributed by atoms with van der Waals surface area (Å²) in [5.74, 6) is -0.768. The Balaban J connectivity index is 1.45. The lowest BCUT2D eigenvalue weighted by Crippen LogP contribution is -2.39. The quantitative estimate of drug-likeness (QED) is 0.475. The molecule has 0 atom stereocenters. The van der Waals surface area contributed by atoms with Gasteiger partial charge in [-0.2, -0.15) is 0 Å². The first-order chi connectivity index (χ1) is 12.5. The third-order valence-electron chi connectivity index (χ3n) is 3.58. The number of H-pyrrole nitrogens is 2. The van der Waals surface area contributed by atoms with E-state index in [4.69, 9.17) is 0 Å². The van der Waals surface area contributed by atoms with Crippen LogP contribution in [0.15, 0.2) is 47.3 Å². The van der Waals surface area contributed by atoms with E-state index in [9.17, 15) is 18.8 Å². The van der Waals surface area contributed by atoms with Crippen LogP contribution in [0.5, 0.6) is 0 Å². The number of anilines is 1. The van der Waals surface area contributed by atoms with Crippen molar-refractivity contribution in [1.29, 1.82) is 0 Å². The van der Waals surface area contributed by atoms with Gasteiger partial charge in [0.15, 0.2) is 0 Å². The molecule has 0 unspecified atom stereocenters. The van der Waals surface area contributed by atoms with E-state index in [0.29, 0.717) is 16.7 Å². The molecule has 9 heteroatoms. The van der Waals surface area contributed by atoms with Crippen molar-refractivity contribution < 1.29 is 14.0 Å². The van der Waals surface area contributed by atoms with Gasteiger partial charge in [0, 0.05) is 12.2 Å². The maximum atomic E-state index is 12.8. The van der Waals surface area contributed by atoms with Crippen LogP contribution >= 0.6 is 0 Å². The van der Waals surface area contributed by atoms with E-state index in [1.165, 1.54) is 12.1 Å². The molecule has 26 heavy (non-hydrogen) atoms. The number of aromatic nitrogens is 2. The van der Waals surface area contributed by atoms with Crippen molar-refractivity contribution in [2.75, 3.05) is 11.9 Å². The summed E-state index contributed by atoms with van der Waals surface area (Å²) in [5.41, 5.74) is 2.10. The lowest BCUT2D eigenvalue weighted by atomic mass is 10.2. The lowest BCUT2D eigenvalue weighted by molar-refractivity contribution is -0.115. The van der Waals surface area contributed by atoms with Crippen LogP contribution in [-0.4, -0.2) is 28.5 Å². The number of fused-ring (bicyclic) bond motifs is 1. The Hall–Kier alpha value is -3.62. The van der Waals surface area contributed by atoms with Crippen molar-refractivity contribution in [3.05, 3.63) is 64.3 Å². The zero-order valence-electron chi connectivity index (χ0n) is 13.6. The van der Waals surface area contributed by atoms with Gasteiger partial charge >= 0.3 is 11.7 Å². The van der Waals surface area contributed by atoms with Gasteiger partial charge in [0.1, 0.15) is 5.82 Å². The van der Waals surface area contributed by atoms with Gasteiger partial charge in [-0.15, -0.1) is 0 Å². The molecule has 0 bridgehead atoms. The highest BCUT2D eigenvalue weighted by Gasteiger charge is 2.07. The molecule has 0 saturated carbocycles. The molecule has 3 aromatic rings. The van der Waals surface area contributed by atoms with Crippen molar-refractivity contribution in [3.63, 3.8) is 0 Å². The third kappa shape index (κ3) is 4.47. The normalized spacial score (nSPS) is 10.5. The molecule has 0 aliphatic rings. The molecule has 3 amide bonds. The number of hydrogen-bond donors (Lipinski definition) is 5. The number of amides is 3. The highest BCUT2D eigenvalue weighted by Crippen LogP contribution is 2.14. The van der Waals surface area contributed by atoms with Crippen LogP contribution in [0.1, 0.15) is 5.56 Å². The SMILES string of the molecule is O=C(CNC(=O)NCc1ccc(F)cc1)Nc1ccc2[nH]c(=O)[nH]c2c1. The number of nitrogens with one attached hydrogen (secondary N) is 5. The molecule has 134 valence electrons. The minimum atomic E-state index is -0.519. The molecule has 0 aliphatic carbocycles. The minimum Gasteiger partial charge on any atom is -0.334 e. The molecule has 0 aliphatic heterocycles. The first kappa shape index (κ1) is 17.2. The van der Waals surface area contributed by atoms with E-state index in [0.717, 1.165) is 5.56 Å². The van der Waals surface area contributed by atoms with Crippen LogP contribution in [0.2, 0.25) is 0 Å². The maximum Gasteiger partial charge on any atom is 0.323 e. The smallest absolute Gasteiger partial charge is 0.323 e. The first-order valence-corrected chi connectivity index (χ1v) is 7.77.